The monoisotopic (exact) mass is 346 g/mol. The molecule has 7 heteroatoms. The molecule has 0 atom stereocenters. The van der Waals surface area contributed by atoms with Crippen LogP contribution >= 0.6 is 27.5 Å². The summed E-state index contributed by atoms with van der Waals surface area (Å²) in [6.07, 6.45) is -4.31. The van der Waals surface area contributed by atoms with Crippen LogP contribution in [0, 0.1) is 0 Å². The molecule has 0 fully saturated rings. The van der Waals surface area contributed by atoms with Gasteiger partial charge in [-0.2, -0.15) is 13.2 Å². The van der Waals surface area contributed by atoms with E-state index in [1.54, 1.807) is 18.2 Å². The largest absolute Gasteiger partial charge is 0.490 e. The lowest BCUT2D eigenvalue weighted by Gasteiger charge is -2.12. The number of para-hydroxylation sites is 1. The normalized spacial score (nSPS) is 11.6. The van der Waals surface area contributed by atoms with Gasteiger partial charge in [0.25, 0.3) is 0 Å². The van der Waals surface area contributed by atoms with Gasteiger partial charge >= 0.3 is 6.18 Å². The predicted molar refractivity (Wildman–Crippen MR) is 66.1 cm³/mol. The van der Waals surface area contributed by atoms with Gasteiger partial charge in [0, 0.05) is 5.56 Å². The lowest BCUT2D eigenvalue weighted by molar-refractivity contribution is -0.175. The van der Waals surface area contributed by atoms with Gasteiger partial charge in [0.1, 0.15) is 19.0 Å². The first kappa shape index (κ1) is 15.6. The highest BCUT2D eigenvalue weighted by molar-refractivity contribution is 9.10. The highest BCUT2D eigenvalue weighted by Gasteiger charge is 2.27. The first-order chi connectivity index (χ1) is 8.44. The molecule has 2 nitrogen and oxygen atoms in total. The van der Waals surface area contributed by atoms with Gasteiger partial charge in [-0.15, -0.1) is 11.6 Å². The summed E-state index contributed by atoms with van der Waals surface area (Å²) in [6.45, 7) is -1.38. The van der Waals surface area contributed by atoms with Gasteiger partial charge in [-0.05, 0) is 22.0 Å². The minimum atomic E-state index is -4.31. The molecule has 0 aliphatic rings. The molecule has 0 aliphatic heterocycles. The fraction of sp³-hybridized carbons (Fsp3) is 0.455. The Morgan fingerprint density at radius 3 is 2.56 bits per heavy atom. The van der Waals surface area contributed by atoms with Crippen molar-refractivity contribution in [1.82, 2.24) is 0 Å². The van der Waals surface area contributed by atoms with Gasteiger partial charge in [-0.3, -0.25) is 0 Å². The zero-order chi connectivity index (χ0) is 13.6. The SMILES string of the molecule is FC(F)(F)COCCOc1c(Br)cccc1CCl. The molecule has 0 amide bonds. The van der Waals surface area contributed by atoms with Crippen molar-refractivity contribution in [1.29, 1.82) is 0 Å². The molecule has 0 unspecified atom stereocenters. The molecule has 0 aromatic heterocycles. The minimum absolute atomic E-state index is 0.0303. The van der Waals surface area contributed by atoms with Crippen molar-refractivity contribution in [3.8, 4) is 5.75 Å². The Labute approximate surface area is 116 Å². The Balaban J connectivity index is 2.40. The number of alkyl halides is 4. The standard InChI is InChI=1S/C11H11BrClF3O2/c12-9-3-1-2-8(6-13)10(9)18-5-4-17-7-11(14,15)16/h1-3H,4-7H2. The van der Waals surface area contributed by atoms with Crippen LogP contribution < -0.4 is 4.74 Å². The summed E-state index contributed by atoms with van der Waals surface area (Å²) in [6, 6.07) is 5.35. The van der Waals surface area contributed by atoms with Crippen LogP contribution in [-0.2, 0) is 10.6 Å². The Morgan fingerprint density at radius 1 is 1.22 bits per heavy atom. The molecule has 0 saturated carbocycles. The molecule has 1 rings (SSSR count). The minimum Gasteiger partial charge on any atom is -0.490 e. The third-order valence-electron chi connectivity index (χ3n) is 1.93. The maximum Gasteiger partial charge on any atom is 0.411 e. The van der Waals surface area contributed by atoms with Crippen molar-refractivity contribution in [3.05, 3.63) is 28.2 Å². The van der Waals surface area contributed by atoms with Crippen molar-refractivity contribution < 1.29 is 22.6 Å². The van der Waals surface area contributed by atoms with E-state index in [0.29, 0.717) is 10.2 Å². The predicted octanol–water partition coefficient (Wildman–Crippen LogP) is 4.15. The van der Waals surface area contributed by atoms with Crippen LogP contribution in [0.1, 0.15) is 5.56 Å². The van der Waals surface area contributed by atoms with E-state index in [0.717, 1.165) is 5.56 Å². The molecule has 0 bridgehead atoms. The Bertz CT molecular complexity index is 385. The van der Waals surface area contributed by atoms with Gasteiger partial charge in [0.15, 0.2) is 0 Å². The quantitative estimate of drug-likeness (QED) is 0.569. The van der Waals surface area contributed by atoms with Crippen molar-refractivity contribution >= 4 is 27.5 Å². The molecule has 102 valence electrons. The van der Waals surface area contributed by atoms with Crippen LogP contribution in [0.2, 0.25) is 0 Å². The van der Waals surface area contributed by atoms with Crippen LogP contribution in [-0.4, -0.2) is 26.0 Å². The molecule has 0 saturated heterocycles. The Hall–Kier alpha value is -0.460. The van der Waals surface area contributed by atoms with Gasteiger partial charge in [-0.1, -0.05) is 12.1 Å². The van der Waals surface area contributed by atoms with E-state index in [4.69, 9.17) is 16.3 Å². The first-order valence-corrected chi connectivity index (χ1v) is 6.37. The summed E-state index contributed by atoms with van der Waals surface area (Å²) in [5.74, 6) is 0.793. The van der Waals surface area contributed by atoms with Crippen molar-refractivity contribution in [3.63, 3.8) is 0 Å². The molecule has 0 aliphatic carbocycles. The smallest absolute Gasteiger partial charge is 0.411 e. The molecule has 1 aromatic carbocycles. The van der Waals surface area contributed by atoms with Crippen LogP contribution in [0.4, 0.5) is 13.2 Å². The molecule has 0 spiro atoms. The second kappa shape index (κ2) is 7.21. The highest BCUT2D eigenvalue weighted by atomic mass is 79.9. The molecule has 0 radical (unpaired) electrons. The summed E-state index contributed by atoms with van der Waals surface area (Å²) >= 11 is 9.01. The van der Waals surface area contributed by atoms with E-state index in [-0.39, 0.29) is 19.1 Å². The van der Waals surface area contributed by atoms with Gasteiger partial charge < -0.3 is 9.47 Å². The third kappa shape index (κ3) is 5.46. The van der Waals surface area contributed by atoms with Crippen molar-refractivity contribution in [2.45, 2.75) is 12.1 Å². The number of rotatable bonds is 6. The lowest BCUT2D eigenvalue weighted by Crippen LogP contribution is -2.19. The summed E-state index contributed by atoms with van der Waals surface area (Å²) in [5.41, 5.74) is 0.766. The highest BCUT2D eigenvalue weighted by Crippen LogP contribution is 2.30. The van der Waals surface area contributed by atoms with Crippen LogP contribution in [0.5, 0.6) is 5.75 Å². The average molecular weight is 348 g/mol. The van der Waals surface area contributed by atoms with Gasteiger partial charge in [0.2, 0.25) is 0 Å². The van der Waals surface area contributed by atoms with Crippen LogP contribution in [0.3, 0.4) is 0 Å². The lowest BCUT2D eigenvalue weighted by atomic mass is 10.2. The fourth-order valence-corrected chi connectivity index (χ4v) is 1.94. The Kier molecular flexibility index (Phi) is 6.25. The first-order valence-electron chi connectivity index (χ1n) is 5.04. The van der Waals surface area contributed by atoms with Gasteiger partial charge in [0.05, 0.1) is 17.0 Å². The number of hydrogen-bond acceptors (Lipinski definition) is 2. The van der Waals surface area contributed by atoms with E-state index in [1.807, 2.05) is 0 Å². The molecule has 0 N–H and O–H groups in total. The van der Waals surface area contributed by atoms with E-state index in [1.165, 1.54) is 0 Å². The summed E-state index contributed by atoms with van der Waals surface area (Å²) < 4.78 is 45.9. The maximum atomic E-state index is 11.8. The van der Waals surface area contributed by atoms with E-state index >= 15 is 0 Å². The summed E-state index contributed by atoms with van der Waals surface area (Å²) in [7, 11) is 0. The van der Waals surface area contributed by atoms with E-state index in [9.17, 15) is 13.2 Å². The maximum absolute atomic E-state index is 11.8. The number of hydrogen-bond donors (Lipinski definition) is 0. The topological polar surface area (TPSA) is 18.5 Å². The molecule has 1 aromatic rings. The van der Waals surface area contributed by atoms with E-state index < -0.39 is 12.8 Å². The molecule has 0 heterocycles. The zero-order valence-corrected chi connectivity index (χ0v) is 11.6. The number of benzene rings is 1. The van der Waals surface area contributed by atoms with E-state index in [2.05, 4.69) is 20.7 Å². The molecular weight excluding hydrogens is 336 g/mol. The second-order valence-electron chi connectivity index (χ2n) is 3.38. The molecule has 18 heavy (non-hydrogen) atoms. The fourth-order valence-electron chi connectivity index (χ4n) is 1.21. The van der Waals surface area contributed by atoms with Crippen LogP contribution in [0.15, 0.2) is 22.7 Å². The number of ether oxygens (including phenoxy) is 2. The number of halogens is 5. The second-order valence-corrected chi connectivity index (χ2v) is 4.50. The average Bonchev–Trinajstić information content (AvgIpc) is 2.29. The van der Waals surface area contributed by atoms with Gasteiger partial charge in [-0.25, -0.2) is 0 Å². The van der Waals surface area contributed by atoms with Crippen molar-refractivity contribution in [2.75, 3.05) is 19.8 Å². The molecular formula is C11H11BrClF3O2. The van der Waals surface area contributed by atoms with Crippen molar-refractivity contribution in [2.24, 2.45) is 0 Å². The summed E-state index contributed by atoms with van der Waals surface area (Å²) in [5, 5.41) is 0. The third-order valence-corrected chi connectivity index (χ3v) is 2.84. The summed E-state index contributed by atoms with van der Waals surface area (Å²) in [4.78, 5) is 0. The Morgan fingerprint density at radius 2 is 1.94 bits per heavy atom. The zero-order valence-electron chi connectivity index (χ0n) is 9.27. The van der Waals surface area contributed by atoms with Crippen LogP contribution in [0.25, 0.3) is 0 Å².